The molecule has 10 nitrogen and oxygen atoms in total. The van der Waals surface area contributed by atoms with Crippen LogP contribution in [0.2, 0.25) is 0 Å². The number of carbonyl (C=O) groups excluding carboxylic acids is 1. The summed E-state index contributed by atoms with van der Waals surface area (Å²) in [5.74, 6) is 0.123. The van der Waals surface area contributed by atoms with Crippen LogP contribution in [-0.4, -0.2) is 27.2 Å². The van der Waals surface area contributed by atoms with Crippen LogP contribution in [0.4, 0.5) is 5.69 Å². The van der Waals surface area contributed by atoms with Gasteiger partial charge in [0, 0.05) is 17.7 Å². The third-order valence-electron chi connectivity index (χ3n) is 6.30. The van der Waals surface area contributed by atoms with Crippen LogP contribution in [0.15, 0.2) is 80.1 Å². The molecule has 11 heteroatoms. The van der Waals surface area contributed by atoms with Crippen molar-refractivity contribution in [3.8, 4) is 17.1 Å². The Kier molecular flexibility index (Phi) is 6.75. The van der Waals surface area contributed by atoms with E-state index in [2.05, 4.69) is 4.99 Å². The van der Waals surface area contributed by atoms with Crippen molar-refractivity contribution in [2.45, 2.75) is 26.8 Å². The number of allylic oxidation sites excluding steroid dienone is 1. The fourth-order valence-corrected chi connectivity index (χ4v) is 5.46. The van der Waals surface area contributed by atoms with Gasteiger partial charge in [0.05, 0.1) is 27.3 Å². The molecule has 0 saturated heterocycles. The lowest BCUT2D eigenvalue weighted by Gasteiger charge is -2.22. The fourth-order valence-electron chi connectivity index (χ4n) is 4.42. The second-order valence-corrected chi connectivity index (χ2v) is 9.86. The number of nitrogens with zero attached hydrogens (tertiary/aromatic N) is 3. The van der Waals surface area contributed by atoms with Crippen LogP contribution in [0.3, 0.4) is 0 Å². The summed E-state index contributed by atoms with van der Waals surface area (Å²) < 4.78 is 13.3. The molecule has 4 aromatic rings. The van der Waals surface area contributed by atoms with E-state index in [4.69, 9.17) is 9.15 Å². The Balaban J connectivity index is 1.69. The number of furan rings is 1. The monoisotopic (exact) mass is 545 g/mol. The van der Waals surface area contributed by atoms with Gasteiger partial charge in [-0.05, 0) is 62.2 Å². The molecule has 2 aromatic carbocycles. The summed E-state index contributed by atoms with van der Waals surface area (Å²) in [4.78, 5) is 42.6. The number of aromatic hydroxyl groups is 1. The number of thiazole rings is 1. The van der Waals surface area contributed by atoms with E-state index in [1.165, 1.54) is 28.8 Å². The van der Waals surface area contributed by atoms with Crippen molar-refractivity contribution in [2.24, 2.45) is 4.99 Å². The molecule has 0 bridgehead atoms. The van der Waals surface area contributed by atoms with Gasteiger partial charge in [-0.1, -0.05) is 29.5 Å². The molecule has 0 saturated carbocycles. The van der Waals surface area contributed by atoms with E-state index in [-0.39, 0.29) is 34.9 Å². The van der Waals surface area contributed by atoms with Crippen molar-refractivity contribution >= 4 is 29.1 Å². The number of hydrogen-bond donors (Lipinski definition) is 1. The van der Waals surface area contributed by atoms with Gasteiger partial charge in [-0.2, -0.15) is 0 Å². The van der Waals surface area contributed by atoms with Crippen LogP contribution in [0.5, 0.6) is 5.75 Å². The Morgan fingerprint density at radius 1 is 1.21 bits per heavy atom. The maximum absolute atomic E-state index is 13.7. The molecule has 1 aliphatic heterocycles. The highest BCUT2D eigenvalue weighted by Crippen LogP contribution is 2.36. The summed E-state index contributed by atoms with van der Waals surface area (Å²) >= 11 is 1.16. The summed E-state index contributed by atoms with van der Waals surface area (Å²) in [5, 5.41) is 20.9. The molecular weight excluding hydrogens is 522 g/mol. The van der Waals surface area contributed by atoms with Crippen LogP contribution in [0, 0.1) is 17.0 Å². The number of aromatic nitrogens is 1. The van der Waals surface area contributed by atoms with Crippen LogP contribution in [0.1, 0.15) is 36.8 Å². The number of phenols is 1. The molecule has 0 spiro atoms. The molecule has 39 heavy (non-hydrogen) atoms. The van der Waals surface area contributed by atoms with Crippen molar-refractivity contribution in [3.05, 3.63) is 113 Å². The van der Waals surface area contributed by atoms with Crippen LogP contribution in [-0.2, 0) is 9.53 Å². The number of nitro groups is 1. The molecule has 0 aliphatic carbocycles. The van der Waals surface area contributed by atoms with Gasteiger partial charge in [0.2, 0.25) is 0 Å². The number of fused-ring (bicyclic) bond motifs is 1. The molecule has 1 atom stereocenters. The zero-order chi connectivity index (χ0) is 27.8. The second kappa shape index (κ2) is 10.2. The molecule has 1 N–H and O–H groups in total. The number of phenolic OH excluding ortho intramolecular Hbond substituents is 1. The van der Waals surface area contributed by atoms with E-state index < -0.39 is 16.9 Å². The lowest BCUT2D eigenvalue weighted by atomic mass is 10.0. The Bertz CT molecular complexity index is 1830. The molecule has 0 amide bonds. The molecule has 1 aliphatic rings. The van der Waals surface area contributed by atoms with E-state index in [0.29, 0.717) is 31.9 Å². The molecule has 3 heterocycles. The number of hydrogen-bond acceptors (Lipinski definition) is 9. The predicted molar refractivity (Wildman–Crippen MR) is 144 cm³/mol. The lowest BCUT2D eigenvalue weighted by molar-refractivity contribution is -0.384. The minimum absolute atomic E-state index is 0.0845. The first-order chi connectivity index (χ1) is 18.7. The van der Waals surface area contributed by atoms with Crippen LogP contribution in [0.25, 0.3) is 17.4 Å². The van der Waals surface area contributed by atoms with Crippen molar-refractivity contribution in [2.75, 3.05) is 6.61 Å². The minimum atomic E-state index is -0.963. The molecule has 0 fully saturated rings. The van der Waals surface area contributed by atoms with E-state index >= 15 is 0 Å². The van der Waals surface area contributed by atoms with Gasteiger partial charge >= 0.3 is 5.97 Å². The number of aryl methyl sites for hydroxylation is 1. The second-order valence-electron chi connectivity index (χ2n) is 8.85. The van der Waals surface area contributed by atoms with E-state index in [0.717, 1.165) is 16.9 Å². The Morgan fingerprint density at radius 2 is 1.95 bits per heavy atom. The Labute approximate surface area is 225 Å². The molecule has 0 unspecified atom stereocenters. The van der Waals surface area contributed by atoms with Gasteiger partial charge in [0.15, 0.2) is 4.80 Å². The van der Waals surface area contributed by atoms with Crippen molar-refractivity contribution in [3.63, 3.8) is 0 Å². The smallest absolute Gasteiger partial charge is 0.338 e. The largest absolute Gasteiger partial charge is 0.508 e. The first-order valence-electron chi connectivity index (χ1n) is 12.0. The number of benzene rings is 2. The van der Waals surface area contributed by atoms with Crippen LogP contribution < -0.4 is 14.9 Å². The molecule has 0 radical (unpaired) electrons. The van der Waals surface area contributed by atoms with Crippen molar-refractivity contribution in [1.82, 2.24) is 4.57 Å². The highest BCUT2D eigenvalue weighted by molar-refractivity contribution is 7.07. The van der Waals surface area contributed by atoms with Gasteiger partial charge in [0.25, 0.3) is 11.2 Å². The summed E-state index contributed by atoms with van der Waals surface area (Å²) in [5.41, 5.74) is 2.08. The lowest BCUT2D eigenvalue weighted by Crippen LogP contribution is -2.39. The first kappa shape index (κ1) is 25.9. The van der Waals surface area contributed by atoms with E-state index in [1.807, 2.05) is 6.92 Å². The summed E-state index contributed by atoms with van der Waals surface area (Å²) in [6.45, 7) is 5.29. The minimum Gasteiger partial charge on any atom is -0.508 e. The highest BCUT2D eigenvalue weighted by atomic mass is 32.1. The quantitative estimate of drug-likeness (QED) is 0.220. The standard InChI is InChI=1S/C28H23N3O7S/c1-4-37-27(34)24-16(3)29-28-30(26(33)23(39-28)13-17-6-9-19(32)10-7-17)25(24)22-12-11-21(38-22)20-14-18(31(35)36)8-5-15(20)2/h5-14,25,32H,4H2,1-3H3/b23-13-/t25-/m0/s1. The average Bonchev–Trinajstić information content (AvgIpc) is 3.50. The maximum atomic E-state index is 13.7. The zero-order valence-corrected chi connectivity index (χ0v) is 22.0. The number of carbonyl (C=O) groups is 1. The summed E-state index contributed by atoms with van der Waals surface area (Å²) in [7, 11) is 0. The van der Waals surface area contributed by atoms with Crippen LogP contribution >= 0.6 is 11.3 Å². The summed E-state index contributed by atoms with van der Waals surface area (Å²) in [6, 6.07) is 13.2. The Morgan fingerprint density at radius 3 is 2.64 bits per heavy atom. The number of esters is 1. The van der Waals surface area contributed by atoms with E-state index in [1.54, 1.807) is 50.3 Å². The van der Waals surface area contributed by atoms with Crippen molar-refractivity contribution < 1.29 is 24.0 Å². The van der Waals surface area contributed by atoms with Gasteiger partial charge in [0.1, 0.15) is 23.3 Å². The molecular formula is C28H23N3O7S. The van der Waals surface area contributed by atoms with E-state index in [9.17, 15) is 24.8 Å². The number of rotatable bonds is 6. The molecule has 2 aromatic heterocycles. The fraction of sp³-hybridized carbons (Fsp3) is 0.179. The van der Waals surface area contributed by atoms with Gasteiger partial charge in [-0.15, -0.1) is 0 Å². The number of nitro benzene ring substituents is 1. The third-order valence-corrected chi connectivity index (χ3v) is 7.28. The SMILES string of the molecule is CCOC(=O)C1=C(C)N=c2s/c(=C\c3ccc(O)cc3)c(=O)n2[C@H]1c1ccc(-c2cc([N+](=O)[O-])ccc2C)o1. The average molecular weight is 546 g/mol. The number of non-ortho nitro benzene ring substituents is 1. The Hall–Kier alpha value is -4.77. The highest BCUT2D eigenvalue weighted by Gasteiger charge is 2.35. The molecule has 198 valence electrons. The van der Waals surface area contributed by atoms with Gasteiger partial charge in [-0.3, -0.25) is 19.5 Å². The maximum Gasteiger partial charge on any atom is 0.338 e. The molecule has 5 rings (SSSR count). The predicted octanol–water partition coefficient (Wildman–Crippen LogP) is 3.98. The van der Waals surface area contributed by atoms with Gasteiger partial charge in [-0.25, -0.2) is 9.79 Å². The van der Waals surface area contributed by atoms with Gasteiger partial charge < -0.3 is 14.3 Å². The zero-order valence-electron chi connectivity index (χ0n) is 21.2. The topological polar surface area (TPSA) is 137 Å². The number of ether oxygens (including phenoxy) is 1. The first-order valence-corrected chi connectivity index (χ1v) is 12.8. The normalized spacial score (nSPS) is 15.2. The third kappa shape index (κ3) is 4.79. The van der Waals surface area contributed by atoms with Crippen molar-refractivity contribution in [1.29, 1.82) is 0 Å². The summed E-state index contributed by atoms with van der Waals surface area (Å²) in [6.07, 6.45) is 1.68.